The van der Waals surface area contributed by atoms with Gasteiger partial charge in [0.05, 0.1) is 38.6 Å². The Morgan fingerprint density at radius 1 is 0.760 bits per heavy atom. The number of aliphatic hydroxyl groups excluding tert-OH is 6. The Bertz CT molecular complexity index is 844. The van der Waals surface area contributed by atoms with Gasteiger partial charge in [0.25, 0.3) is 0 Å². The van der Waals surface area contributed by atoms with Gasteiger partial charge in [-0.25, -0.2) is 0 Å². The molecule has 2 saturated heterocycles. The van der Waals surface area contributed by atoms with E-state index >= 15 is 0 Å². The van der Waals surface area contributed by atoms with E-state index < -0.39 is 55.6 Å². The van der Waals surface area contributed by atoms with Crippen LogP contribution in [0.2, 0.25) is 0 Å². The first-order valence-electron chi connectivity index (χ1n) is 20.3. The van der Waals surface area contributed by atoms with E-state index in [1.165, 1.54) is 83.5 Å². The summed E-state index contributed by atoms with van der Waals surface area (Å²) in [5.41, 5.74) is 0.395. The third kappa shape index (κ3) is 18.2. The fourth-order valence-corrected chi connectivity index (χ4v) is 7.03. The van der Waals surface area contributed by atoms with Gasteiger partial charge in [0.15, 0.2) is 6.29 Å². The Morgan fingerprint density at radius 3 is 1.80 bits per heavy atom. The number of ether oxygens (including phenoxy) is 3. The molecule has 50 heavy (non-hydrogen) atoms. The van der Waals surface area contributed by atoms with Crippen LogP contribution < -0.4 is 5.32 Å². The van der Waals surface area contributed by atoms with E-state index in [2.05, 4.69) is 19.2 Å². The van der Waals surface area contributed by atoms with Gasteiger partial charge in [-0.1, -0.05) is 136 Å². The molecule has 0 aromatic heterocycles. The topological polar surface area (TPSA) is 178 Å². The highest BCUT2D eigenvalue weighted by Crippen LogP contribution is 2.32. The van der Waals surface area contributed by atoms with E-state index in [9.17, 15) is 35.4 Å². The second kappa shape index (κ2) is 26.8. The summed E-state index contributed by atoms with van der Waals surface area (Å²) in [4.78, 5) is 12.9. The van der Waals surface area contributed by atoms with Crippen LogP contribution in [0.4, 0.5) is 0 Å². The molecule has 0 radical (unpaired) electrons. The van der Waals surface area contributed by atoms with E-state index in [-0.39, 0.29) is 18.9 Å². The van der Waals surface area contributed by atoms with Crippen molar-refractivity contribution in [1.29, 1.82) is 0 Å². The van der Waals surface area contributed by atoms with E-state index in [1.54, 1.807) is 0 Å². The van der Waals surface area contributed by atoms with Crippen LogP contribution in [0.1, 0.15) is 162 Å². The Labute approximate surface area is 302 Å². The fourth-order valence-electron chi connectivity index (χ4n) is 7.03. The van der Waals surface area contributed by atoms with Gasteiger partial charge in [0, 0.05) is 11.8 Å². The second-order valence-electron chi connectivity index (χ2n) is 15.6. The first-order valence-corrected chi connectivity index (χ1v) is 20.3. The van der Waals surface area contributed by atoms with Gasteiger partial charge in [-0.05, 0) is 19.3 Å². The number of nitrogens with one attached hydrogen (secondary N) is 1. The van der Waals surface area contributed by atoms with Gasteiger partial charge in [0.2, 0.25) is 5.91 Å². The lowest BCUT2D eigenvalue weighted by Gasteiger charge is -2.40. The molecule has 296 valence electrons. The minimum Gasteiger partial charge on any atom is -0.394 e. The Hall–Kier alpha value is -0.890. The minimum atomic E-state index is -1.61. The molecule has 1 amide bonds. The minimum absolute atomic E-state index is 0.266. The van der Waals surface area contributed by atoms with Crippen molar-refractivity contribution < 1.29 is 49.6 Å². The maximum atomic E-state index is 12.9. The third-order valence-corrected chi connectivity index (χ3v) is 10.6. The Kier molecular flexibility index (Phi) is 24.3. The summed E-state index contributed by atoms with van der Waals surface area (Å²) in [6, 6.07) is -0.990. The molecule has 2 rings (SSSR count). The molecule has 0 spiro atoms. The van der Waals surface area contributed by atoms with Gasteiger partial charge >= 0.3 is 0 Å². The smallest absolute Gasteiger partial charge is 0.220 e. The molecule has 8 atom stereocenters. The lowest BCUT2D eigenvalue weighted by Crippen LogP contribution is -2.60. The number of unbranched alkanes of at least 4 members (excludes halogenated alkanes) is 18. The van der Waals surface area contributed by atoms with Crippen LogP contribution in [0.15, 0.2) is 0 Å². The van der Waals surface area contributed by atoms with Crippen LogP contribution in [0, 0.1) is 5.41 Å². The van der Waals surface area contributed by atoms with Gasteiger partial charge < -0.3 is 50.2 Å². The molecule has 2 fully saturated rings. The van der Waals surface area contributed by atoms with Crippen LogP contribution in [0.25, 0.3) is 0 Å². The number of rotatable bonds is 31. The van der Waals surface area contributed by atoms with Crippen LogP contribution in [-0.2, 0) is 19.0 Å². The van der Waals surface area contributed by atoms with Gasteiger partial charge in [0.1, 0.15) is 30.5 Å². The summed E-state index contributed by atoms with van der Waals surface area (Å²) < 4.78 is 16.4. The van der Waals surface area contributed by atoms with Crippen molar-refractivity contribution >= 4 is 5.91 Å². The predicted molar refractivity (Wildman–Crippen MR) is 194 cm³/mol. The molecule has 7 N–H and O–H groups in total. The van der Waals surface area contributed by atoms with Gasteiger partial charge in [-0.15, -0.1) is 0 Å². The van der Waals surface area contributed by atoms with E-state index in [0.29, 0.717) is 18.3 Å². The van der Waals surface area contributed by atoms with Crippen LogP contribution in [-0.4, -0.2) is 112 Å². The van der Waals surface area contributed by atoms with Crippen molar-refractivity contribution in [2.24, 2.45) is 5.41 Å². The Morgan fingerprint density at radius 2 is 1.28 bits per heavy atom. The van der Waals surface area contributed by atoms with E-state index in [4.69, 9.17) is 14.2 Å². The lowest BCUT2D eigenvalue weighted by atomic mass is 9.83. The van der Waals surface area contributed by atoms with Gasteiger partial charge in [-0.3, -0.25) is 4.79 Å². The van der Waals surface area contributed by atoms with Crippen molar-refractivity contribution in [1.82, 2.24) is 5.32 Å². The largest absolute Gasteiger partial charge is 0.394 e. The van der Waals surface area contributed by atoms with Crippen molar-refractivity contribution in [3.05, 3.63) is 0 Å². The molecule has 0 bridgehead atoms. The maximum absolute atomic E-state index is 12.9. The average Bonchev–Trinajstić information content (AvgIpc) is 3.09. The molecule has 0 aliphatic carbocycles. The molecular weight excluding hydrogens is 642 g/mol. The maximum Gasteiger partial charge on any atom is 0.220 e. The van der Waals surface area contributed by atoms with Gasteiger partial charge in [-0.2, -0.15) is 0 Å². The molecule has 2 aliphatic heterocycles. The first-order chi connectivity index (χ1) is 24.1. The monoisotopic (exact) mass is 718 g/mol. The molecule has 2 aliphatic rings. The summed E-state index contributed by atoms with van der Waals surface area (Å²) in [7, 11) is 0. The third-order valence-electron chi connectivity index (χ3n) is 10.6. The molecular formula is C39H75NO10. The van der Waals surface area contributed by atoms with Crippen LogP contribution in [0.5, 0.6) is 0 Å². The second-order valence-corrected chi connectivity index (χ2v) is 15.6. The lowest BCUT2D eigenvalue weighted by molar-refractivity contribution is -0.303. The summed E-state index contributed by atoms with van der Waals surface area (Å²) in [5.74, 6) is -0.266. The number of hydrogen-bond donors (Lipinski definition) is 7. The standard InChI is InChI=1S/C39H75NO10/c1-3-4-5-6-7-8-9-10-11-14-17-20-23-31(42)34(44)30(27-49-38-37(47)36(46)35(45)32(26-41)50-38)40-33(43)24-21-18-15-12-13-16-19-22-25-39(2)28-48-29-39/h30-32,34-38,41-42,44-47H,3-29H2,1-2H3,(H,40,43)/t30-,31+,32-,34-,35-,36-,37+,38-/m0/s1. The molecule has 2 heterocycles. The molecule has 0 saturated carbocycles. The first kappa shape index (κ1) is 45.3. The number of amides is 1. The fraction of sp³-hybridized carbons (Fsp3) is 0.974. The average molecular weight is 718 g/mol. The summed E-state index contributed by atoms with van der Waals surface area (Å²) in [6.07, 6.45) is 15.3. The Balaban J connectivity index is 1.72. The zero-order chi connectivity index (χ0) is 36.6. The number of carbonyl (C=O) groups is 1. The summed E-state index contributed by atoms with van der Waals surface area (Å²) in [6.45, 7) is 5.42. The summed E-state index contributed by atoms with van der Waals surface area (Å²) in [5, 5.41) is 64.9. The van der Waals surface area contributed by atoms with E-state index in [0.717, 1.165) is 58.2 Å². The predicted octanol–water partition coefficient (Wildman–Crippen LogP) is 5.04. The SMILES string of the molecule is CCCCCCCCCCCCCC[C@@H](O)[C@@H](O)[C@H](CO[C@H]1O[C@@H](CO)[C@H](O)[C@H](O)[C@H]1O)NC(=O)CCCCCCCCCCC1(C)COC1. The molecule has 0 unspecified atom stereocenters. The zero-order valence-corrected chi connectivity index (χ0v) is 31.5. The zero-order valence-electron chi connectivity index (χ0n) is 31.5. The molecule has 0 aromatic carbocycles. The normalized spacial score (nSPS) is 25.2. The van der Waals surface area contributed by atoms with Crippen molar-refractivity contribution in [2.75, 3.05) is 26.4 Å². The quantitative estimate of drug-likeness (QED) is 0.0481. The summed E-state index contributed by atoms with van der Waals surface area (Å²) >= 11 is 0. The van der Waals surface area contributed by atoms with Crippen molar-refractivity contribution in [3.63, 3.8) is 0 Å². The number of aliphatic hydroxyl groups is 6. The molecule has 11 heteroatoms. The van der Waals surface area contributed by atoms with E-state index in [1.807, 2.05) is 0 Å². The highest BCUT2D eigenvalue weighted by atomic mass is 16.7. The highest BCUT2D eigenvalue weighted by Gasteiger charge is 2.44. The number of carbonyl (C=O) groups excluding carboxylic acids is 1. The molecule has 11 nitrogen and oxygen atoms in total. The van der Waals surface area contributed by atoms with Crippen LogP contribution in [0.3, 0.4) is 0 Å². The number of hydrogen-bond acceptors (Lipinski definition) is 10. The van der Waals surface area contributed by atoms with Crippen LogP contribution >= 0.6 is 0 Å². The molecule has 0 aromatic rings. The van der Waals surface area contributed by atoms with Crippen molar-refractivity contribution in [2.45, 2.75) is 210 Å². The highest BCUT2D eigenvalue weighted by molar-refractivity contribution is 5.76. The van der Waals surface area contributed by atoms with Crippen molar-refractivity contribution in [3.8, 4) is 0 Å².